The minimum atomic E-state index is -1.12. The van der Waals surface area contributed by atoms with Crippen molar-refractivity contribution in [2.24, 2.45) is 0 Å². The third-order valence-electron chi connectivity index (χ3n) is 3.81. The number of nitrogens with one attached hydrogen (secondary N) is 1. The minimum absolute atomic E-state index is 0.0415. The van der Waals surface area contributed by atoms with Crippen LogP contribution in [0.15, 0.2) is 29.2 Å². The maximum absolute atomic E-state index is 12.5. The lowest BCUT2D eigenvalue weighted by Crippen LogP contribution is -2.38. The van der Waals surface area contributed by atoms with Crippen LogP contribution < -0.4 is 5.32 Å². The van der Waals surface area contributed by atoms with Crippen LogP contribution in [0.3, 0.4) is 0 Å². The predicted octanol–water partition coefficient (Wildman–Crippen LogP) is 2.17. The number of nitrogens with zero attached hydrogens (tertiary/aromatic N) is 2. The highest BCUT2D eigenvalue weighted by Crippen LogP contribution is 2.32. The van der Waals surface area contributed by atoms with Crippen molar-refractivity contribution >= 4 is 57.8 Å². The van der Waals surface area contributed by atoms with Gasteiger partial charge < -0.3 is 10.4 Å². The Morgan fingerprint density at radius 1 is 1.39 bits per heavy atom. The third kappa shape index (κ3) is 5.60. The molecule has 0 aromatic heterocycles. The molecule has 1 fully saturated rings. The summed E-state index contributed by atoms with van der Waals surface area (Å²) in [4.78, 5) is 46.9. The number of aliphatic carboxylic acids is 1. The van der Waals surface area contributed by atoms with E-state index in [-0.39, 0.29) is 24.6 Å². The molecule has 28 heavy (non-hydrogen) atoms. The monoisotopic (exact) mass is 423 g/mol. The molecule has 0 bridgehead atoms. The standard InChI is InChI=1S/C17H17N3O6S2/c1-10(16(23)24)18-14(21)3-2-8-19-15(22)13(28-17(19)27)9-11-4-6-12(7-5-11)20(25)26/h4-7,9-10H,2-3,8H2,1H3,(H,18,21)(H,23,24)/b13-9-. The Kier molecular flexibility index (Phi) is 7.24. The van der Waals surface area contributed by atoms with Crippen LogP contribution in [0.5, 0.6) is 0 Å². The molecule has 1 saturated heterocycles. The lowest BCUT2D eigenvalue weighted by atomic mass is 10.2. The Morgan fingerprint density at radius 3 is 2.61 bits per heavy atom. The first-order chi connectivity index (χ1) is 13.2. The van der Waals surface area contributed by atoms with Gasteiger partial charge in [-0.15, -0.1) is 0 Å². The van der Waals surface area contributed by atoms with Crippen molar-refractivity contribution in [2.45, 2.75) is 25.8 Å². The molecule has 1 atom stereocenters. The van der Waals surface area contributed by atoms with E-state index in [2.05, 4.69) is 5.32 Å². The fourth-order valence-electron chi connectivity index (χ4n) is 2.31. The lowest BCUT2D eigenvalue weighted by Gasteiger charge is -2.14. The Morgan fingerprint density at radius 2 is 2.04 bits per heavy atom. The van der Waals surface area contributed by atoms with Gasteiger partial charge >= 0.3 is 5.97 Å². The highest BCUT2D eigenvalue weighted by atomic mass is 32.2. The van der Waals surface area contributed by atoms with Crippen molar-refractivity contribution in [2.75, 3.05) is 6.54 Å². The Labute approximate surface area is 169 Å². The minimum Gasteiger partial charge on any atom is -0.480 e. The van der Waals surface area contributed by atoms with Crippen molar-refractivity contribution in [1.29, 1.82) is 0 Å². The van der Waals surface area contributed by atoms with E-state index in [0.717, 1.165) is 11.8 Å². The molecule has 11 heteroatoms. The van der Waals surface area contributed by atoms with Crippen LogP contribution in [0.2, 0.25) is 0 Å². The predicted molar refractivity (Wildman–Crippen MR) is 107 cm³/mol. The van der Waals surface area contributed by atoms with Crippen LogP contribution in [0.4, 0.5) is 5.69 Å². The number of carboxylic acid groups (broad SMARTS) is 1. The number of hydrogen-bond acceptors (Lipinski definition) is 7. The second-order valence-corrected chi connectivity index (χ2v) is 7.59. The van der Waals surface area contributed by atoms with Gasteiger partial charge in [-0.05, 0) is 37.1 Å². The SMILES string of the molecule is CC(NC(=O)CCCN1C(=O)/C(=C/c2ccc([N+](=O)[O-])cc2)SC1=S)C(=O)O. The van der Waals surface area contributed by atoms with Gasteiger partial charge in [0.25, 0.3) is 11.6 Å². The van der Waals surface area contributed by atoms with E-state index in [1.165, 1.54) is 24.0 Å². The van der Waals surface area contributed by atoms with Crippen LogP contribution in [-0.4, -0.2) is 49.6 Å². The first kappa shape index (κ1) is 21.5. The summed E-state index contributed by atoms with van der Waals surface area (Å²) < 4.78 is 0.359. The number of carbonyl (C=O) groups excluding carboxylic acids is 2. The van der Waals surface area contributed by atoms with Crippen LogP contribution >= 0.6 is 24.0 Å². The molecular formula is C17H17N3O6S2. The number of thiocarbonyl (C=S) groups is 1. The van der Waals surface area contributed by atoms with Crippen molar-refractivity contribution < 1.29 is 24.4 Å². The van der Waals surface area contributed by atoms with Gasteiger partial charge in [0.05, 0.1) is 9.83 Å². The van der Waals surface area contributed by atoms with E-state index in [4.69, 9.17) is 17.3 Å². The fraction of sp³-hybridized carbons (Fsp3) is 0.294. The van der Waals surface area contributed by atoms with Gasteiger partial charge in [0.1, 0.15) is 10.4 Å². The van der Waals surface area contributed by atoms with Crippen molar-refractivity contribution in [3.8, 4) is 0 Å². The molecular weight excluding hydrogens is 406 g/mol. The topological polar surface area (TPSA) is 130 Å². The quantitative estimate of drug-likeness (QED) is 0.282. The number of carboxylic acids is 1. The fourth-order valence-corrected chi connectivity index (χ4v) is 3.62. The summed E-state index contributed by atoms with van der Waals surface area (Å²) in [6, 6.07) is 4.80. The van der Waals surface area contributed by atoms with Crippen LogP contribution in [0.1, 0.15) is 25.3 Å². The van der Waals surface area contributed by atoms with Crippen LogP contribution in [-0.2, 0) is 14.4 Å². The molecule has 1 aliphatic rings. The van der Waals surface area contributed by atoms with Gasteiger partial charge in [0.15, 0.2) is 0 Å². The van der Waals surface area contributed by atoms with Gasteiger partial charge in [0, 0.05) is 25.1 Å². The van der Waals surface area contributed by atoms with Crippen molar-refractivity contribution in [3.05, 3.63) is 44.8 Å². The highest BCUT2D eigenvalue weighted by Gasteiger charge is 2.31. The second-order valence-electron chi connectivity index (χ2n) is 5.91. The Hall–Kier alpha value is -2.79. The van der Waals surface area contributed by atoms with Crippen LogP contribution in [0, 0.1) is 10.1 Å². The molecule has 9 nitrogen and oxygen atoms in total. The first-order valence-corrected chi connectivity index (χ1v) is 9.43. The first-order valence-electron chi connectivity index (χ1n) is 8.21. The molecule has 1 heterocycles. The lowest BCUT2D eigenvalue weighted by molar-refractivity contribution is -0.384. The summed E-state index contributed by atoms with van der Waals surface area (Å²) in [5.41, 5.74) is 0.591. The molecule has 1 aromatic rings. The maximum atomic E-state index is 12.5. The van der Waals surface area contributed by atoms with E-state index >= 15 is 0 Å². The molecule has 2 amide bonds. The number of non-ortho nitro benzene ring substituents is 1. The van der Waals surface area contributed by atoms with E-state index in [0.29, 0.717) is 21.2 Å². The molecule has 0 radical (unpaired) electrons. The summed E-state index contributed by atoms with van der Waals surface area (Å²) in [6.45, 7) is 1.60. The Bertz CT molecular complexity index is 853. The normalized spacial score (nSPS) is 16.3. The van der Waals surface area contributed by atoms with Gasteiger partial charge in [-0.2, -0.15) is 0 Å². The zero-order chi connectivity index (χ0) is 20.8. The summed E-state index contributed by atoms with van der Waals surface area (Å²) >= 11 is 6.33. The number of nitro benzene ring substituents is 1. The molecule has 2 N–H and O–H groups in total. The number of carbonyl (C=O) groups is 3. The number of hydrogen-bond donors (Lipinski definition) is 2. The summed E-state index contributed by atoms with van der Waals surface area (Å²) in [6.07, 6.45) is 2.00. The van der Waals surface area contributed by atoms with E-state index in [9.17, 15) is 24.5 Å². The molecule has 1 aromatic carbocycles. The molecule has 0 spiro atoms. The molecule has 0 aliphatic carbocycles. The summed E-state index contributed by atoms with van der Waals surface area (Å²) in [5, 5.41) is 21.8. The largest absolute Gasteiger partial charge is 0.480 e. The van der Waals surface area contributed by atoms with Crippen LogP contribution in [0.25, 0.3) is 6.08 Å². The van der Waals surface area contributed by atoms with Crippen molar-refractivity contribution in [3.63, 3.8) is 0 Å². The molecule has 1 aliphatic heterocycles. The maximum Gasteiger partial charge on any atom is 0.325 e. The smallest absolute Gasteiger partial charge is 0.325 e. The number of benzene rings is 1. The highest BCUT2D eigenvalue weighted by molar-refractivity contribution is 8.26. The van der Waals surface area contributed by atoms with Gasteiger partial charge in [-0.1, -0.05) is 24.0 Å². The molecule has 0 saturated carbocycles. The van der Waals surface area contributed by atoms with Gasteiger partial charge in [-0.25, -0.2) is 0 Å². The van der Waals surface area contributed by atoms with Gasteiger partial charge in [-0.3, -0.25) is 29.4 Å². The number of rotatable bonds is 8. The zero-order valence-corrected chi connectivity index (χ0v) is 16.4. The van der Waals surface area contributed by atoms with E-state index < -0.39 is 22.8 Å². The third-order valence-corrected chi connectivity index (χ3v) is 5.19. The van der Waals surface area contributed by atoms with Gasteiger partial charge in [0.2, 0.25) is 5.91 Å². The molecule has 148 valence electrons. The average Bonchev–Trinajstić information content (AvgIpc) is 2.89. The summed E-state index contributed by atoms with van der Waals surface area (Å²) in [5.74, 6) is -1.84. The second kappa shape index (κ2) is 9.42. The number of thioether (sulfide) groups is 1. The number of amides is 2. The molecule has 2 rings (SSSR count). The summed E-state index contributed by atoms with van der Waals surface area (Å²) in [7, 11) is 0. The van der Waals surface area contributed by atoms with Crippen molar-refractivity contribution in [1.82, 2.24) is 10.2 Å². The number of nitro groups is 1. The van der Waals surface area contributed by atoms with E-state index in [1.807, 2.05) is 0 Å². The average molecular weight is 423 g/mol. The molecule has 1 unspecified atom stereocenters. The zero-order valence-electron chi connectivity index (χ0n) is 14.8. The van der Waals surface area contributed by atoms with E-state index in [1.54, 1.807) is 18.2 Å². The Balaban J connectivity index is 1.93.